The minimum absolute atomic E-state index is 0.309. The number of benzene rings is 3. The van der Waals surface area contributed by atoms with E-state index in [9.17, 15) is 9.59 Å². The molecule has 9 rings (SSSR count). The second-order valence-corrected chi connectivity index (χ2v) is 19.4. The van der Waals surface area contributed by atoms with Gasteiger partial charge in [0.05, 0.1) is 71.9 Å². The minimum atomic E-state index is -0.442. The first kappa shape index (κ1) is 33.6. The molecule has 0 radical (unpaired) electrons. The van der Waals surface area contributed by atoms with Crippen molar-refractivity contribution in [2.45, 2.75) is 85.8 Å². The van der Waals surface area contributed by atoms with Crippen molar-refractivity contribution >= 4 is 101 Å². The topological polar surface area (TPSA) is 113 Å². The Morgan fingerprint density at radius 1 is 0.577 bits per heavy atom. The molecule has 52 heavy (non-hydrogen) atoms. The van der Waals surface area contributed by atoms with Crippen molar-refractivity contribution in [1.82, 2.24) is 29.2 Å². The number of esters is 2. The van der Waals surface area contributed by atoms with Crippen molar-refractivity contribution in [3.05, 3.63) is 70.4 Å². The molecule has 14 heteroatoms. The van der Waals surface area contributed by atoms with Gasteiger partial charge in [-0.15, -0.1) is 0 Å². The summed E-state index contributed by atoms with van der Waals surface area (Å²) in [6, 6.07) is 15.9. The quantitative estimate of drug-likeness (QED) is 0.126. The molecular formula is C38H32N6O4S4. The maximum Gasteiger partial charge on any atom is 0.308 e. The normalized spacial score (nSPS) is 14.7. The highest BCUT2D eigenvalue weighted by molar-refractivity contribution is 8.33. The van der Waals surface area contributed by atoms with Crippen molar-refractivity contribution in [1.29, 1.82) is 0 Å². The van der Waals surface area contributed by atoms with E-state index >= 15 is 0 Å². The van der Waals surface area contributed by atoms with Gasteiger partial charge in [-0.3, -0.25) is 9.59 Å². The van der Waals surface area contributed by atoms with Crippen molar-refractivity contribution in [2.75, 3.05) is 0 Å². The van der Waals surface area contributed by atoms with E-state index in [1.807, 2.05) is 57.6 Å². The fourth-order valence-corrected chi connectivity index (χ4v) is 12.1. The molecule has 0 saturated carbocycles. The Morgan fingerprint density at radius 3 is 1.25 bits per heavy atom. The van der Waals surface area contributed by atoms with Crippen LogP contribution >= 0.6 is 47.0 Å². The van der Waals surface area contributed by atoms with Crippen LogP contribution in [0.2, 0.25) is 0 Å². The summed E-state index contributed by atoms with van der Waals surface area (Å²) in [7, 11) is 0. The summed E-state index contributed by atoms with van der Waals surface area (Å²) < 4.78 is 17.9. The van der Waals surface area contributed by atoms with Crippen molar-refractivity contribution in [3.8, 4) is 11.5 Å². The Labute approximate surface area is 315 Å². The number of hydrogen-bond acceptors (Lipinski definition) is 12. The molecule has 0 N–H and O–H groups in total. The molecule has 0 atom stereocenters. The van der Waals surface area contributed by atoms with Gasteiger partial charge in [0.1, 0.15) is 0 Å². The van der Waals surface area contributed by atoms with Crippen LogP contribution in [0.15, 0.2) is 68.1 Å². The summed E-state index contributed by atoms with van der Waals surface area (Å²) in [6.07, 6.45) is 0. The average Bonchev–Trinajstić information content (AvgIpc) is 3.89. The molecular weight excluding hydrogens is 733 g/mol. The Hall–Kier alpha value is -4.24. The molecule has 10 nitrogen and oxygen atoms in total. The Balaban J connectivity index is 1.31. The van der Waals surface area contributed by atoms with E-state index < -0.39 is 11.9 Å². The van der Waals surface area contributed by atoms with Crippen LogP contribution < -0.4 is 19.9 Å². The first-order valence-corrected chi connectivity index (χ1v) is 19.9. The van der Waals surface area contributed by atoms with Crippen LogP contribution in [0, 0.1) is 0 Å². The highest BCUT2D eigenvalue weighted by atomic mass is 32.2. The molecule has 0 bridgehead atoms. The number of rotatable bonds is 2. The zero-order chi connectivity index (χ0) is 36.4. The van der Waals surface area contributed by atoms with Gasteiger partial charge in [-0.25, -0.2) is 19.0 Å². The summed E-state index contributed by atoms with van der Waals surface area (Å²) in [5, 5.41) is 12.0. The van der Waals surface area contributed by atoms with Gasteiger partial charge in [0.15, 0.2) is 22.8 Å². The number of thioether (sulfide) groups is 4. The van der Waals surface area contributed by atoms with Crippen LogP contribution in [-0.4, -0.2) is 41.1 Å². The van der Waals surface area contributed by atoms with Crippen LogP contribution in [0.25, 0.3) is 41.8 Å². The molecule has 6 heterocycles. The highest BCUT2D eigenvalue weighted by Gasteiger charge is 2.40. The smallest absolute Gasteiger partial charge is 0.308 e. The monoisotopic (exact) mass is 764 g/mol. The standard InChI is InChI=1S/C38H32N6O4S4/c1-17(45)47-25-27-29(51-35(49-27)23-31(37(3,4)5)41-43-21-15-11-9-13-19(21)39-33(23)43)26(48-18(2)46)30-28(25)50-36(52-30)24-32(38(6,7)8)42-44-22-16-12-10-14-20(22)40-34(24)44/h9-16H,1-8H3. The third-order valence-corrected chi connectivity index (χ3v) is 13.9. The molecule has 0 spiro atoms. The second-order valence-electron chi connectivity index (χ2n) is 14.8. The number of ether oxygens (including phenoxy) is 2. The lowest BCUT2D eigenvalue weighted by atomic mass is 9.91. The lowest BCUT2D eigenvalue weighted by Gasteiger charge is -2.15. The van der Waals surface area contributed by atoms with Crippen molar-refractivity contribution in [3.63, 3.8) is 0 Å². The Bertz CT molecular complexity index is 2610. The number of imidazole rings is 2. The maximum atomic E-state index is 12.8. The molecule has 0 unspecified atom stereocenters. The van der Waals surface area contributed by atoms with Crippen molar-refractivity contribution < 1.29 is 19.1 Å². The summed E-state index contributed by atoms with van der Waals surface area (Å²) in [5.41, 5.74) is 6.22. The van der Waals surface area contributed by atoms with E-state index in [1.165, 1.54) is 60.9 Å². The first-order valence-electron chi connectivity index (χ1n) is 16.6. The van der Waals surface area contributed by atoms with Crippen molar-refractivity contribution in [2.24, 2.45) is 0 Å². The predicted molar refractivity (Wildman–Crippen MR) is 208 cm³/mol. The maximum absolute atomic E-state index is 12.8. The van der Waals surface area contributed by atoms with Gasteiger partial charge in [-0.1, -0.05) is 113 Å². The van der Waals surface area contributed by atoms with E-state index in [0.29, 0.717) is 31.1 Å². The zero-order valence-corrected chi connectivity index (χ0v) is 32.8. The number of fused-ring (bicyclic) bond motifs is 8. The molecule has 0 saturated heterocycles. The lowest BCUT2D eigenvalue weighted by molar-refractivity contribution is -0.133. The summed E-state index contributed by atoms with van der Waals surface area (Å²) in [4.78, 5) is 38.5. The summed E-state index contributed by atoms with van der Waals surface area (Å²) in [6.45, 7) is 15.6. The second kappa shape index (κ2) is 11.6. The van der Waals surface area contributed by atoms with E-state index in [-0.39, 0.29) is 10.8 Å². The molecule has 262 valence electrons. The number of carbonyl (C=O) groups is 2. The molecule has 0 fully saturated rings. The van der Waals surface area contributed by atoms with Gasteiger partial charge in [-0.2, -0.15) is 10.2 Å². The van der Waals surface area contributed by atoms with E-state index in [4.69, 9.17) is 29.6 Å². The number of carbonyl (C=O) groups excluding carboxylic acids is 2. The third-order valence-electron chi connectivity index (χ3n) is 8.73. The first-order chi connectivity index (χ1) is 24.7. The SMILES string of the molecule is CC(=O)Oc1c2c(c(OC(C)=O)c3c1SC(=c1c(C(C)(C)C)nn4c1nc1ccccc14)S3)SC(=c1c(C(C)(C)C)nn3c1nc1ccccc13)S2. The van der Waals surface area contributed by atoms with Crippen LogP contribution in [0.1, 0.15) is 66.8 Å². The minimum Gasteiger partial charge on any atom is -0.424 e. The average molecular weight is 765 g/mol. The third kappa shape index (κ3) is 5.12. The summed E-state index contributed by atoms with van der Waals surface area (Å²) in [5.74, 6) is -0.00307. The van der Waals surface area contributed by atoms with Crippen LogP contribution in [0.3, 0.4) is 0 Å². The van der Waals surface area contributed by atoms with Crippen LogP contribution in [-0.2, 0) is 20.4 Å². The van der Waals surface area contributed by atoms with Crippen LogP contribution in [0.5, 0.6) is 11.5 Å². The predicted octanol–water partition coefficient (Wildman–Crippen LogP) is 7.89. The molecule has 0 aliphatic carbocycles. The van der Waals surface area contributed by atoms with Gasteiger partial charge < -0.3 is 9.47 Å². The lowest BCUT2D eigenvalue weighted by Crippen LogP contribution is -2.22. The number of aromatic nitrogens is 6. The van der Waals surface area contributed by atoms with E-state index in [2.05, 4.69) is 41.5 Å². The number of hydrogen-bond donors (Lipinski definition) is 0. The molecule has 2 aliphatic heterocycles. The molecule has 4 aromatic heterocycles. The van der Waals surface area contributed by atoms with Gasteiger partial charge >= 0.3 is 11.9 Å². The number of nitrogens with zero attached hydrogens (tertiary/aromatic N) is 6. The molecule has 2 aliphatic rings. The fourth-order valence-electron chi connectivity index (χ4n) is 6.57. The van der Waals surface area contributed by atoms with E-state index in [1.54, 1.807) is 0 Å². The largest absolute Gasteiger partial charge is 0.424 e. The fraction of sp³-hybridized carbons (Fsp3) is 0.263. The molecule has 0 amide bonds. The zero-order valence-electron chi connectivity index (χ0n) is 29.6. The molecule has 7 aromatic rings. The van der Waals surface area contributed by atoms with Crippen LogP contribution in [0.4, 0.5) is 0 Å². The van der Waals surface area contributed by atoms with Gasteiger partial charge in [-0.05, 0) is 24.3 Å². The Morgan fingerprint density at radius 2 is 0.923 bits per heavy atom. The van der Waals surface area contributed by atoms with E-state index in [0.717, 1.165) is 63.7 Å². The number of para-hydroxylation sites is 4. The van der Waals surface area contributed by atoms with Gasteiger partial charge in [0.2, 0.25) is 0 Å². The Kier molecular flexibility index (Phi) is 7.51. The van der Waals surface area contributed by atoms with Gasteiger partial charge in [0.25, 0.3) is 0 Å². The molecule has 3 aromatic carbocycles. The summed E-state index contributed by atoms with van der Waals surface area (Å²) >= 11 is 5.97. The van der Waals surface area contributed by atoms with Gasteiger partial charge in [0, 0.05) is 24.7 Å². The highest BCUT2D eigenvalue weighted by Crippen LogP contribution is 2.68.